The normalized spacial score (nSPS) is 48.5. The highest BCUT2D eigenvalue weighted by atomic mass is 16.7. The third kappa shape index (κ3) is 2.26. The summed E-state index contributed by atoms with van der Waals surface area (Å²) in [5, 5.41) is 0. The third-order valence-corrected chi connectivity index (χ3v) is 8.40. The van der Waals surface area contributed by atoms with Crippen LogP contribution in [0.3, 0.4) is 0 Å². The molecular weight excluding hydrogens is 288 g/mol. The van der Waals surface area contributed by atoms with E-state index in [0.717, 1.165) is 55.8 Å². The van der Waals surface area contributed by atoms with Crippen LogP contribution in [0.25, 0.3) is 0 Å². The van der Waals surface area contributed by atoms with Crippen molar-refractivity contribution in [2.45, 2.75) is 70.5 Å². The molecule has 130 valence electrons. The molecule has 6 unspecified atom stereocenters. The lowest BCUT2D eigenvalue weighted by Gasteiger charge is -2.56. The zero-order chi connectivity index (χ0) is 16.2. The van der Waals surface area contributed by atoms with Crippen LogP contribution in [0.2, 0.25) is 0 Å². The number of ether oxygens (including phenoxy) is 2. The molecule has 0 aliphatic heterocycles. The molecule has 4 rings (SSSR count). The summed E-state index contributed by atoms with van der Waals surface area (Å²) in [7, 11) is 3.59. The Morgan fingerprint density at radius 1 is 0.913 bits per heavy atom. The Hall–Kier alpha value is -0.410. The van der Waals surface area contributed by atoms with Gasteiger partial charge < -0.3 is 9.47 Å². The molecule has 4 aliphatic carbocycles. The Morgan fingerprint density at radius 2 is 1.65 bits per heavy atom. The predicted molar refractivity (Wildman–Crippen MR) is 88.9 cm³/mol. The summed E-state index contributed by atoms with van der Waals surface area (Å²) in [6, 6.07) is 0. The summed E-state index contributed by atoms with van der Waals surface area (Å²) in [4.78, 5) is 12.4. The maximum atomic E-state index is 12.4. The molecule has 0 aromatic rings. The quantitative estimate of drug-likeness (QED) is 0.715. The van der Waals surface area contributed by atoms with Crippen molar-refractivity contribution in [3.8, 4) is 0 Å². The summed E-state index contributed by atoms with van der Waals surface area (Å²) < 4.78 is 11.5. The molecule has 0 aromatic heterocycles. The number of ketones is 1. The van der Waals surface area contributed by atoms with Gasteiger partial charge in [0.2, 0.25) is 0 Å². The fourth-order valence-electron chi connectivity index (χ4n) is 7.05. The van der Waals surface area contributed by atoms with Crippen molar-refractivity contribution in [3.63, 3.8) is 0 Å². The molecule has 3 heteroatoms. The van der Waals surface area contributed by atoms with Crippen LogP contribution >= 0.6 is 0 Å². The Balaban J connectivity index is 1.54. The van der Waals surface area contributed by atoms with Gasteiger partial charge in [-0.15, -0.1) is 0 Å². The van der Waals surface area contributed by atoms with Gasteiger partial charge in [-0.3, -0.25) is 4.79 Å². The topological polar surface area (TPSA) is 35.5 Å². The zero-order valence-electron chi connectivity index (χ0n) is 15.0. The highest BCUT2D eigenvalue weighted by molar-refractivity contribution is 5.87. The van der Waals surface area contributed by atoms with E-state index < -0.39 is 0 Å². The zero-order valence-corrected chi connectivity index (χ0v) is 15.0. The number of carbonyl (C=O) groups excluding carboxylic acids is 1. The minimum atomic E-state index is -0.333. The van der Waals surface area contributed by atoms with Crippen LogP contribution in [0.5, 0.6) is 0 Å². The molecule has 0 bridgehead atoms. The number of fused-ring (bicyclic) bond motifs is 5. The Bertz CT molecular complexity index is 483. The monoisotopic (exact) mass is 320 g/mol. The van der Waals surface area contributed by atoms with E-state index in [-0.39, 0.29) is 11.2 Å². The predicted octanol–water partition coefficient (Wildman–Crippen LogP) is 4.20. The van der Waals surface area contributed by atoms with Gasteiger partial charge in [0.25, 0.3) is 0 Å². The van der Waals surface area contributed by atoms with Crippen molar-refractivity contribution in [1.82, 2.24) is 0 Å². The van der Waals surface area contributed by atoms with Gasteiger partial charge in [-0.2, -0.15) is 0 Å². The van der Waals surface area contributed by atoms with Crippen molar-refractivity contribution in [2.75, 3.05) is 14.2 Å². The number of carbonyl (C=O) groups is 1. The third-order valence-electron chi connectivity index (χ3n) is 8.40. The fraction of sp³-hybridized carbons (Fsp3) is 0.950. The van der Waals surface area contributed by atoms with E-state index in [1.807, 2.05) is 0 Å². The lowest BCUT2D eigenvalue weighted by atomic mass is 9.50. The van der Waals surface area contributed by atoms with Crippen molar-refractivity contribution in [1.29, 1.82) is 0 Å². The van der Waals surface area contributed by atoms with E-state index in [4.69, 9.17) is 9.47 Å². The molecule has 0 N–H and O–H groups in total. The minimum absolute atomic E-state index is 0.0193. The first-order valence-electron chi connectivity index (χ1n) is 9.66. The van der Waals surface area contributed by atoms with Gasteiger partial charge in [-0.05, 0) is 68.1 Å². The highest BCUT2D eigenvalue weighted by Crippen LogP contribution is 2.62. The summed E-state index contributed by atoms with van der Waals surface area (Å²) >= 11 is 0. The van der Waals surface area contributed by atoms with E-state index in [0.29, 0.717) is 11.7 Å². The molecule has 3 nitrogen and oxygen atoms in total. The van der Waals surface area contributed by atoms with E-state index in [1.54, 1.807) is 14.2 Å². The number of Topliss-reactive ketones (excluding diaryl/α,β-unsaturated/α-hetero) is 1. The first-order chi connectivity index (χ1) is 11.0. The van der Waals surface area contributed by atoms with E-state index in [1.165, 1.54) is 25.7 Å². The average Bonchev–Trinajstić information content (AvgIpc) is 2.89. The highest BCUT2D eigenvalue weighted by Gasteiger charge is 2.57. The second-order valence-electron chi connectivity index (χ2n) is 8.92. The average molecular weight is 320 g/mol. The standard InChI is InChI=1S/C20H32O3/c1-19-10-8-15-14-9-11-20(22-2,23-3)12-13(14)4-5-16(15)17(19)6-7-18(19)21/h13-17H,4-12H2,1-3H3. The molecular formula is C20H32O3. The van der Waals surface area contributed by atoms with Gasteiger partial charge >= 0.3 is 0 Å². The van der Waals surface area contributed by atoms with E-state index in [2.05, 4.69) is 6.92 Å². The smallest absolute Gasteiger partial charge is 0.167 e. The van der Waals surface area contributed by atoms with Crippen LogP contribution in [0.1, 0.15) is 64.7 Å². The van der Waals surface area contributed by atoms with Gasteiger partial charge in [0.15, 0.2) is 5.79 Å². The maximum absolute atomic E-state index is 12.4. The molecule has 0 aromatic carbocycles. The van der Waals surface area contributed by atoms with Crippen molar-refractivity contribution < 1.29 is 14.3 Å². The summed E-state index contributed by atoms with van der Waals surface area (Å²) in [5.41, 5.74) is 0.0193. The van der Waals surface area contributed by atoms with Crippen molar-refractivity contribution >= 4 is 5.78 Å². The molecule has 4 aliphatic rings. The number of rotatable bonds is 2. The number of hydrogen-bond donors (Lipinski definition) is 0. The second kappa shape index (κ2) is 5.56. The lowest BCUT2D eigenvalue weighted by Crippen LogP contribution is -2.51. The van der Waals surface area contributed by atoms with Gasteiger partial charge in [-0.1, -0.05) is 6.92 Å². The first kappa shape index (κ1) is 16.1. The van der Waals surface area contributed by atoms with Crippen molar-refractivity contribution in [2.24, 2.45) is 35.0 Å². The Morgan fingerprint density at radius 3 is 2.39 bits per heavy atom. The Labute approximate surface area is 140 Å². The van der Waals surface area contributed by atoms with Gasteiger partial charge in [0, 0.05) is 38.9 Å². The number of methoxy groups -OCH3 is 2. The molecule has 0 amide bonds. The van der Waals surface area contributed by atoms with Crippen LogP contribution in [0, 0.1) is 35.0 Å². The SMILES string of the molecule is COC1(OC)CCC2C(CCC3C2CCC2(C)C(=O)CCC32)C1. The molecule has 0 spiro atoms. The Kier molecular flexibility index (Phi) is 3.88. The maximum Gasteiger partial charge on any atom is 0.167 e. The van der Waals surface area contributed by atoms with E-state index >= 15 is 0 Å². The largest absolute Gasteiger partial charge is 0.353 e. The summed E-state index contributed by atoms with van der Waals surface area (Å²) in [5.74, 6) is 4.15. The number of hydrogen-bond acceptors (Lipinski definition) is 3. The van der Waals surface area contributed by atoms with Gasteiger partial charge in [-0.25, -0.2) is 0 Å². The van der Waals surface area contributed by atoms with Crippen LogP contribution in [-0.4, -0.2) is 25.8 Å². The molecule has 0 saturated heterocycles. The molecule has 6 atom stereocenters. The fourth-order valence-corrected chi connectivity index (χ4v) is 7.05. The summed E-state index contributed by atoms with van der Waals surface area (Å²) in [6.45, 7) is 2.27. The molecule has 4 saturated carbocycles. The molecule has 0 radical (unpaired) electrons. The van der Waals surface area contributed by atoms with Crippen molar-refractivity contribution in [3.05, 3.63) is 0 Å². The van der Waals surface area contributed by atoms with Crippen LogP contribution in [0.15, 0.2) is 0 Å². The van der Waals surface area contributed by atoms with Crippen LogP contribution < -0.4 is 0 Å². The van der Waals surface area contributed by atoms with Gasteiger partial charge in [0.1, 0.15) is 5.78 Å². The lowest BCUT2D eigenvalue weighted by molar-refractivity contribution is -0.246. The first-order valence-corrected chi connectivity index (χ1v) is 9.66. The van der Waals surface area contributed by atoms with Gasteiger partial charge in [0.05, 0.1) is 0 Å². The second-order valence-corrected chi connectivity index (χ2v) is 8.92. The minimum Gasteiger partial charge on any atom is -0.353 e. The molecule has 4 fully saturated rings. The summed E-state index contributed by atoms with van der Waals surface area (Å²) in [6.07, 6.45) is 10.4. The molecule has 0 heterocycles. The van der Waals surface area contributed by atoms with E-state index in [9.17, 15) is 4.79 Å². The molecule has 23 heavy (non-hydrogen) atoms. The van der Waals surface area contributed by atoms with Crippen LogP contribution in [0.4, 0.5) is 0 Å². The van der Waals surface area contributed by atoms with Crippen LogP contribution in [-0.2, 0) is 14.3 Å².